The molecule has 33 heavy (non-hydrogen) atoms. The van der Waals surface area contributed by atoms with Gasteiger partial charge in [0.15, 0.2) is 6.23 Å². The molecular formula is C10H12F3N2O15P3. The van der Waals surface area contributed by atoms with Crippen LogP contribution in [0.25, 0.3) is 0 Å². The smallest absolute Gasteiger partial charge is 0.387 e. The zero-order valence-corrected chi connectivity index (χ0v) is 17.9. The number of nitrogens with zero attached hydrogens (tertiary/aromatic N) is 1. The number of nitrogens with one attached hydrogen (secondary N) is 1. The third kappa shape index (κ3) is 5.08. The number of phosphoric acid groups is 3. The van der Waals surface area contributed by atoms with Crippen molar-refractivity contribution in [3.05, 3.63) is 32.9 Å². The number of aromatic amines is 1. The van der Waals surface area contributed by atoms with Crippen molar-refractivity contribution in [1.29, 1.82) is 0 Å². The summed E-state index contributed by atoms with van der Waals surface area (Å²) in [5.41, 5.74) is -6.23. The average Bonchev–Trinajstić information content (AvgIpc) is 2.96. The largest absolute Gasteiger partial charge is 0.490 e. The summed E-state index contributed by atoms with van der Waals surface area (Å²) >= 11 is 0. The second-order valence-electron chi connectivity index (χ2n) is 6.45. The van der Waals surface area contributed by atoms with Crippen molar-refractivity contribution in [2.75, 3.05) is 6.61 Å². The van der Waals surface area contributed by atoms with Gasteiger partial charge in [-0.05, 0) is 0 Å². The summed E-state index contributed by atoms with van der Waals surface area (Å²) in [6.07, 6.45) is -10.8. The Morgan fingerprint density at radius 1 is 1.09 bits per heavy atom. The van der Waals surface area contributed by atoms with Gasteiger partial charge in [0, 0.05) is 0 Å². The highest BCUT2D eigenvalue weighted by atomic mass is 31.3. The van der Waals surface area contributed by atoms with Gasteiger partial charge in [0.1, 0.15) is 12.2 Å². The van der Waals surface area contributed by atoms with Crippen LogP contribution in [0.1, 0.15) is 6.23 Å². The fourth-order valence-corrected chi connectivity index (χ4v) is 6.01. The van der Waals surface area contributed by atoms with E-state index in [1.807, 2.05) is 0 Å². The maximum Gasteiger partial charge on any atom is 0.490 e. The average molecular weight is 550 g/mol. The lowest BCUT2D eigenvalue weighted by Crippen LogP contribution is -2.56. The van der Waals surface area contributed by atoms with Crippen LogP contribution in [0.2, 0.25) is 0 Å². The van der Waals surface area contributed by atoms with Crippen molar-refractivity contribution >= 4 is 23.5 Å². The van der Waals surface area contributed by atoms with Gasteiger partial charge >= 0.3 is 35.3 Å². The first-order chi connectivity index (χ1) is 14.8. The van der Waals surface area contributed by atoms with Crippen LogP contribution in [0.4, 0.5) is 13.2 Å². The highest BCUT2D eigenvalue weighted by molar-refractivity contribution is 7.66. The van der Waals surface area contributed by atoms with Gasteiger partial charge in [0.25, 0.3) is 5.56 Å². The Balaban J connectivity index is 1.86. The van der Waals surface area contributed by atoms with Crippen LogP contribution in [0, 0.1) is 5.82 Å². The second-order valence-corrected chi connectivity index (χ2v) is 10.9. The summed E-state index contributed by atoms with van der Waals surface area (Å²) in [5.74, 6) is -1.55. The van der Waals surface area contributed by atoms with Gasteiger partial charge in [-0.1, -0.05) is 0 Å². The van der Waals surface area contributed by atoms with Crippen molar-refractivity contribution in [1.82, 2.24) is 9.55 Å². The minimum atomic E-state index is -5.99. The number of alkyl halides is 2. The molecule has 3 heterocycles. The molecular weight excluding hydrogens is 538 g/mol. The Bertz CT molecular complexity index is 1210. The molecule has 2 saturated heterocycles. The molecule has 0 aromatic carbocycles. The molecule has 2 fully saturated rings. The molecule has 1 aromatic heterocycles. The first-order valence-corrected chi connectivity index (χ1v) is 12.5. The summed E-state index contributed by atoms with van der Waals surface area (Å²) in [4.78, 5) is 60.0. The zero-order chi connectivity index (χ0) is 25.2. The number of hydrogen-bond acceptors (Lipinski definition) is 11. The van der Waals surface area contributed by atoms with E-state index in [1.165, 1.54) is 4.98 Å². The van der Waals surface area contributed by atoms with Crippen LogP contribution in [0.5, 0.6) is 0 Å². The molecule has 2 bridgehead atoms. The van der Waals surface area contributed by atoms with Crippen molar-refractivity contribution < 1.29 is 74.2 Å². The van der Waals surface area contributed by atoms with Gasteiger partial charge in [0.05, 0.1) is 12.8 Å². The van der Waals surface area contributed by atoms with E-state index < -0.39 is 77.3 Å². The van der Waals surface area contributed by atoms with E-state index in [0.717, 1.165) is 0 Å². The van der Waals surface area contributed by atoms with Crippen LogP contribution in [0.3, 0.4) is 0 Å². The van der Waals surface area contributed by atoms with E-state index in [-0.39, 0.29) is 10.8 Å². The van der Waals surface area contributed by atoms with Crippen LogP contribution < -0.4 is 11.2 Å². The molecule has 6 atom stereocenters. The predicted octanol–water partition coefficient (Wildman–Crippen LogP) is -1.36. The summed E-state index contributed by atoms with van der Waals surface area (Å²) in [6, 6.07) is 0. The number of rotatable bonds is 8. The maximum absolute atomic E-state index is 14.4. The SMILES string of the molecule is O=c1[nH]c(=O)n([C@@H]2O[C@]3(COP(=O)(O)OP(=O)(O)OP(=O)(O)O)[C@@H](O)[C@H]2OC3(F)F)cc1F. The molecule has 23 heteroatoms. The highest BCUT2D eigenvalue weighted by Crippen LogP contribution is 2.67. The molecule has 0 radical (unpaired) electrons. The number of aliphatic hydroxyl groups is 1. The Morgan fingerprint density at radius 3 is 2.27 bits per heavy atom. The molecule has 0 spiro atoms. The molecule has 2 aliphatic heterocycles. The first kappa shape index (κ1) is 26.4. The molecule has 0 amide bonds. The van der Waals surface area contributed by atoms with Crippen molar-refractivity contribution in [2.24, 2.45) is 0 Å². The molecule has 0 saturated carbocycles. The third-order valence-electron chi connectivity index (χ3n) is 4.23. The van der Waals surface area contributed by atoms with Gasteiger partial charge in [-0.3, -0.25) is 18.9 Å². The summed E-state index contributed by atoms with van der Waals surface area (Å²) < 4.78 is 96.4. The van der Waals surface area contributed by atoms with Crippen LogP contribution in [-0.2, 0) is 36.3 Å². The number of H-pyrrole nitrogens is 1. The van der Waals surface area contributed by atoms with Gasteiger partial charge in [-0.2, -0.15) is 21.8 Å². The monoisotopic (exact) mass is 550 g/mol. The van der Waals surface area contributed by atoms with Crippen molar-refractivity contribution in [3.8, 4) is 0 Å². The third-order valence-corrected chi connectivity index (χ3v) is 8.02. The fourth-order valence-electron chi connectivity index (χ4n) is 2.96. The Morgan fingerprint density at radius 2 is 1.70 bits per heavy atom. The Kier molecular flexibility index (Phi) is 6.52. The number of halogens is 3. The van der Waals surface area contributed by atoms with Crippen LogP contribution in [-0.4, -0.2) is 64.8 Å². The minimum absolute atomic E-state index is 0.229. The van der Waals surface area contributed by atoms with E-state index in [2.05, 4.69) is 17.9 Å². The zero-order valence-electron chi connectivity index (χ0n) is 15.3. The lowest BCUT2D eigenvalue weighted by Gasteiger charge is -2.36. The van der Waals surface area contributed by atoms with Gasteiger partial charge in [0.2, 0.25) is 11.4 Å². The second kappa shape index (κ2) is 8.17. The number of hydrogen-bond donors (Lipinski definition) is 6. The van der Waals surface area contributed by atoms with Crippen LogP contribution >= 0.6 is 23.5 Å². The molecule has 2 unspecified atom stereocenters. The molecule has 2 aliphatic rings. The lowest BCUT2D eigenvalue weighted by atomic mass is 9.98. The summed E-state index contributed by atoms with van der Waals surface area (Å²) in [7, 11) is -17.6. The van der Waals surface area contributed by atoms with E-state index in [4.69, 9.17) is 19.4 Å². The normalized spacial score (nSPS) is 32.4. The number of phosphoric ester groups is 1. The molecule has 6 N–H and O–H groups in total. The van der Waals surface area contributed by atoms with Crippen molar-refractivity contribution in [2.45, 2.75) is 30.1 Å². The Hall–Kier alpha value is -1.24. The molecule has 0 aliphatic carbocycles. The van der Waals surface area contributed by atoms with Gasteiger partial charge < -0.3 is 34.2 Å². The van der Waals surface area contributed by atoms with Crippen molar-refractivity contribution in [3.63, 3.8) is 0 Å². The van der Waals surface area contributed by atoms with E-state index in [0.29, 0.717) is 0 Å². The highest BCUT2D eigenvalue weighted by Gasteiger charge is 2.77. The molecule has 17 nitrogen and oxygen atoms in total. The minimum Gasteiger partial charge on any atom is -0.387 e. The molecule has 3 rings (SSSR count). The van der Waals surface area contributed by atoms with Gasteiger partial charge in [-0.25, -0.2) is 18.5 Å². The van der Waals surface area contributed by atoms with Gasteiger partial charge in [-0.15, -0.1) is 0 Å². The quantitative estimate of drug-likeness (QED) is 0.204. The summed E-state index contributed by atoms with van der Waals surface area (Å²) in [6.45, 7) is -1.85. The maximum atomic E-state index is 14.4. The standard InChI is InChI=1S/C10H12F3N2O15P3/c11-3-1-15(8(18)14-6(3)17)7-4-5(16)9(28-7,10(12,13)27-4)2-26-32(22,23)30-33(24,25)29-31(19,20)21/h1,4-5,7,16H,2H2,(H,22,23)(H,24,25)(H,14,17,18)(H2,19,20,21)/t4-,5+,7-,9-/m1/s1. The van der Waals surface area contributed by atoms with Crippen LogP contribution in [0.15, 0.2) is 15.8 Å². The number of fused-ring (bicyclic) bond motifs is 2. The number of aromatic nitrogens is 2. The van der Waals surface area contributed by atoms with E-state index in [1.54, 1.807) is 0 Å². The molecule has 1 aromatic rings. The number of ether oxygens (including phenoxy) is 2. The first-order valence-electron chi connectivity index (χ1n) is 8.00. The summed E-state index contributed by atoms with van der Waals surface area (Å²) in [5, 5.41) is 10.2. The van der Waals surface area contributed by atoms with E-state index in [9.17, 15) is 46.5 Å². The number of aliphatic hydroxyl groups excluding tert-OH is 1. The molecule has 188 valence electrons. The predicted molar refractivity (Wildman–Crippen MR) is 89.8 cm³/mol. The van der Waals surface area contributed by atoms with E-state index >= 15 is 0 Å². The lowest BCUT2D eigenvalue weighted by molar-refractivity contribution is -0.371. The fraction of sp³-hybridized carbons (Fsp3) is 0.600. The topological polar surface area (TPSA) is 253 Å². The Labute approximate surface area is 177 Å².